The smallest absolute Gasteiger partial charge is 0.258 e. The van der Waals surface area contributed by atoms with Gasteiger partial charge in [0.1, 0.15) is 11.2 Å². The molecule has 2 aromatic heterocycles. The predicted molar refractivity (Wildman–Crippen MR) is 96.6 cm³/mol. The molecule has 1 N–H and O–H groups in total. The van der Waals surface area contributed by atoms with Crippen molar-refractivity contribution in [3.8, 4) is 5.88 Å². The summed E-state index contributed by atoms with van der Waals surface area (Å²) in [5, 5.41) is 4.05. The number of aryl methyl sites for hydroxylation is 2. The highest BCUT2D eigenvalue weighted by molar-refractivity contribution is 7.18. The monoisotopic (exact) mass is 347 g/mol. The third kappa shape index (κ3) is 4.04. The van der Waals surface area contributed by atoms with Crippen molar-refractivity contribution in [2.24, 2.45) is 0 Å². The second-order valence-electron chi connectivity index (χ2n) is 6.54. The van der Waals surface area contributed by atoms with Gasteiger partial charge in [-0.1, -0.05) is 32.1 Å². The zero-order valence-electron chi connectivity index (χ0n) is 14.4. The maximum Gasteiger partial charge on any atom is 0.258 e. The molecule has 1 aliphatic carbocycles. The van der Waals surface area contributed by atoms with Crippen LogP contribution >= 0.6 is 11.3 Å². The van der Waals surface area contributed by atoms with Gasteiger partial charge in [0, 0.05) is 10.9 Å². The van der Waals surface area contributed by atoms with Crippen molar-refractivity contribution in [3.63, 3.8) is 0 Å². The fourth-order valence-corrected chi connectivity index (χ4v) is 4.25. The summed E-state index contributed by atoms with van der Waals surface area (Å²) in [5.74, 6) is 0.451. The van der Waals surface area contributed by atoms with E-state index in [2.05, 4.69) is 22.2 Å². The zero-order valence-corrected chi connectivity index (χ0v) is 15.2. The minimum absolute atomic E-state index is 0.0109. The number of nitrogens with zero attached hydrogens (tertiary/aromatic N) is 2. The van der Waals surface area contributed by atoms with Gasteiger partial charge in [0.15, 0.2) is 6.61 Å². The molecule has 5 nitrogen and oxygen atoms in total. The Bertz CT molecular complexity index is 706. The number of aromatic nitrogens is 2. The molecular weight excluding hydrogens is 322 g/mol. The Morgan fingerprint density at radius 2 is 1.92 bits per heavy atom. The molecule has 0 aliphatic heterocycles. The largest absolute Gasteiger partial charge is 0.467 e. The van der Waals surface area contributed by atoms with Crippen molar-refractivity contribution in [2.75, 3.05) is 6.61 Å². The van der Waals surface area contributed by atoms with Crippen molar-refractivity contribution < 1.29 is 9.53 Å². The molecule has 0 bridgehead atoms. The molecule has 24 heavy (non-hydrogen) atoms. The topological polar surface area (TPSA) is 64.1 Å². The number of rotatable bonds is 4. The molecule has 0 unspecified atom stereocenters. The molecule has 0 radical (unpaired) electrons. The van der Waals surface area contributed by atoms with E-state index in [9.17, 15) is 4.79 Å². The van der Waals surface area contributed by atoms with E-state index in [0.717, 1.165) is 28.6 Å². The average Bonchev–Trinajstić information content (AvgIpc) is 2.83. The summed E-state index contributed by atoms with van der Waals surface area (Å²) in [6, 6.07) is 0.289. The fourth-order valence-electron chi connectivity index (χ4n) is 3.26. The van der Waals surface area contributed by atoms with E-state index in [4.69, 9.17) is 4.74 Å². The molecule has 6 heteroatoms. The summed E-state index contributed by atoms with van der Waals surface area (Å²) < 4.78 is 5.72. The minimum Gasteiger partial charge on any atom is -0.467 e. The Labute approximate surface area is 146 Å². The van der Waals surface area contributed by atoms with Gasteiger partial charge < -0.3 is 10.1 Å². The molecule has 3 rings (SSSR count). The lowest BCUT2D eigenvalue weighted by molar-refractivity contribution is -0.124. The van der Waals surface area contributed by atoms with Gasteiger partial charge in [-0.2, -0.15) is 0 Å². The first-order valence-electron chi connectivity index (χ1n) is 8.78. The van der Waals surface area contributed by atoms with E-state index in [0.29, 0.717) is 5.88 Å². The van der Waals surface area contributed by atoms with Crippen molar-refractivity contribution in [2.45, 2.75) is 64.8 Å². The number of nitrogens with one attached hydrogen (secondary N) is 1. The number of thiophene rings is 1. The normalized spacial score (nSPS) is 16.6. The van der Waals surface area contributed by atoms with Gasteiger partial charge in [0.05, 0.1) is 5.39 Å². The molecule has 0 saturated heterocycles. The van der Waals surface area contributed by atoms with Crippen molar-refractivity contribution in [3.05, 3.63) is 16.8 Å². The zero-order chi connectivity index (χ0) is 16.9. The summed E-state index contributed by atoms with van der Waals surface area (Å²) in [5.41, 5.74) is 1.13. The quantitative estimate of drug-likeness (QED) is 0.910. The van der Waals surface area contributed by atoms with Crippen LogP contribution in [0.15, 0.2) is 6.33 Å². The van der Waals surface area contributed by atoms with Crippen molar-refractivity contribution in [1.82, 2.24) is 15.3 Å². The molecule has 1 aliphatic rings. The lowest BCUT2D eigenvalue weighted by atomic mass is 9.97. The molecule has 1 amide bonds. The highest BCUT2D eigenvalue weighted by atomic mass is 32.1. The lowest BCUT2D eigenvalue weighted by Crippen LogP contribution is -2.38. The fraction of sp³-hybridized carbons (Fsp3) is 0.611. The number of hydrogen-bond donors (Lipinski definition) is 1. The number of carbonyl (C=O) groups excluding carboxylic acids is 1. The Morgan fingerprint density at radius 3 is 2.67 bits per heavy atom. The van der Waals surface area contributed by atoms with Gasteiger partial charge in [-0.05, 0) is 32.3 Å². The first-order chi connectivity index (χ1) is 11.6. The van der Waals surface area contributed by atoms with Crippen LogP contribution in [0.3, 0.4) is 0 Å². The number of amides is 1. The standard InChI is InChI=1S/C18H25N3O2S/c1-12-13(2)24-18-16(12)17(19-11-20-18)23-10-15(22)21-14-8-6-4-3-5-7-9-14/h11,14H,3-10H2,1-2H3,(H,21,22). The molecule has 0 atom stereocenters. The van der Waals surface area contributed by atoms with Gasteiger partial charge in [-0.25, -0.2) is 9.97 Å². The lowest BCUT2D eigenvalue weighted by Gasteiger charge is -2.21. The molecular formula is C18H25N3O2S. The Hall–Kier alpha value is -1.69. The highest BCUT2D eigenvalue weighted by Gasteiger charge is 2.17. The van der Waals surface area contributed by atoms with Gasteiger partial charge in [-0.15, -0.1) is 11.3 Å². The molecule has 1 fully saturated rings. The molecule has 130 valence electrons. The van der Waals surface area contributed by atoms with Crippen LogP contribution in [0.25, 0.3) is 10.2 Å². The van der Waals surface area contributed by atoms with E-state index in [1.54, 1.807) is 11.3 Å². The van der Waals surface area contributed by atoms with Crippen LogP contribution in [0.4, 0.5) is 0 Å². The van der Waals surface area contributed by atoms with Crippen LogP contribution in [0.5, 0.6) is 5.88 Å². The van der Waals surface area contributed by atoms with E-state index in [-0.39, 0.29) is 18.6 Å². The second-order valence-corrected chi connectivity index (χ2v) is 7.74. The molecule has 2 aromatic rings. The van der Waals surface area contributed by atoms with Crippen LogP contribution in [-0.4, -0.2) is 28.5 Å². The number of fused-ring (bicyclic) bond motifs is 1. The SMILES string of the molecule is Cc1sc2ncnc(OCC(=O)NC3CCCCCCC3)c2c1C. The third-order valence-corrected chi connectivity index (χ3v) is 5.86. The van der Waals surface area contributed by atoms with Crippen molar-refractivity contribution >= 4 is 27.5 Å². The first kappa shape index (κ1) is 17.1. The van der Waals surface area contributed by atoms with E-state index >= 15 is 0 Å². The van der Waals surface area contributed by atoms with Gasteiger partial charge in [0.2, 0.25) is 5.88 Å². The van der Waals surface area contributed by atoms with Gasteiger partial charge in [-0.3, -0.25) is 4.79 Å². The average molecular weight is 347 g/mol. The first-order valence-corrected chi connectivity index (χ1v) is 9.59. The third-order valence-electron chi connectivity index (χ3n) is 4.74. The molecule has 2 heterocycles. The number of carbonyl (C=O) groups is 1. The van der Waals surface area contributed by atoms with Crippen LogP contribution in [-0.2, 0) is 4.79 Å². The van der Waals surface area contributed by atoms with E-state index in [1.807, 2.05) is 6.92 Å². The van der Waals surface area contributed by atoms with E-state index in [1.165, 1.54) is 43.3 Å². The van der Waals surface area contributed by atoms with E-state index < -0.39 is 0 Å². The Kier molecular flexibility index (Phi) is 5.66. The number of ether oxygens (including phenoxy) is 1. The highest BCUT2D eigenvalue weighted by Crippen LogP contribution is 2.33. The predicted octanol–water partition coefficient (Wildman–Crippen LogP) is 3.92. The maximum absolute atomic E-state index is 12.2. The van der Waals surface area contributed by atoms with Crippen LogP contribution < -0.4 is 10.1 Å². The summed E-state index contributed by atoms with van der Waals surface area (Å²) >= 11 is 1.63. The van der Waals surface area contributed by atoms with Crippen LogP contribution in [0, 0.1) is 13.8 Å². The summed E-state index contributed by atoms with van der Waals surface area (Å²) in [6.45, 7) is 4.11. The minimum atomic E-state index is -0.0584. The molecule has 0 spiro atoms. The maximum atomic E-state index is 12.2. The molecule has 1 saturated carbocycles. The number of hydrogen-bond acceptors (Lipinski definition) is 5. The summed E-state index contributed by atoms with van der Waals surface area (Å²) in [7, 11) is 0. The molecule has 0 aromatic carbocycles. The Morgan fingerprint density at radius 1 is 1.21 bits per heavy atom. The second kappa shape index (κ2) is 7.92. The summed E-state index contributed by atoms with van der Waals surface area (Å²) in [6.07, 6.45) is 9.93. The Balaban J connectivity index is 1.60. The van der Waals surface area contributed by atoms with Gasteiger partial charge >= 0.3 is 0 Å². The van der Waals surface area contributed by atoms with Gasteiger partial charge in [0.25, 0.3) is 5.91 Å². The van der Waals surface area contributed by atoms with Crippen LogP contribution in [0.2, 0.25) is 0 Å². The van der Waals surface area contributed by atoms with Crippen LogP contribution in [0.1, 0.15) is 55.4 Å². The summed E-state index contributed by atoms with van der Waals surface area (Å²) in [4.78, 5) is 22.9. The van der Waals surface area contributed by atoms with Crippen molar-refractivity contribution in [1.29, 1.82) is 0 Å².